The summed E-state index contributed by atoms with van der Waals surface area (Å²) in [5.41, 5.74) is 7.25. The number of fused-ring (bicyclic) bond motifs is 1. The predicted octanol–water partition coefficient (Wildman–Crippen LogP) is -0.0141. The van der Waals surface area contributed by atoms with Gasteiger partial charge in [0, 0.05) is 18.4 Å². The molecule has 3 N–H and O–H groups in total. The molecule has 0 bridgehead atoms. The molecular weight excluding hydrogens is 181 g/mol. The van der Waals surface area contributed by atoms with Crippen LogP contribution in [0.4, 0.5) is 0 Å². The molecule has 0 spiro atoms. The van der Waals surface area contributed by atoms with Gasteiger partial charge in [0.05, 0.1) is 19.0 Å². The van der Waals surface area contributed by atoms with Gasteiger partial charge in [-0.05, 0) is 12.0 Å². The second-order valence-corrected chi connectivity index (χ2v) is 3.41. The predicted molar refractivity (Wildman–Crippen MR) is 53.3 cm³/mol. The van der Waals surface area contributed by atoms with Gasteiger partial charge in [0.1, 0.15) is 0 Å². The summed E-state index contributed by atoms with van der Waals surface area (Å²) in [4.78, 5) is 0. The molecule has 0 unspecified atom stereocenters. The van der Waals surface area contributed by atoms with E-state index < -0.39 is 7.12 Å². The Bertz CT molecular complexity index is 288. The molecule has 1 aliphatic heterocycles. The summed E-state index contributed by atoms with van der Waals surface area (Å²) in [6.45, 7) is 1.48. The summed E-state index contributed by atoms with van der Waals surface area (Å²) in [5, 5.41) is 9.56. The van der Waals surface area contributed by atoms with Gasteiger partial charge < -0.3 is 20.1 Å². The van der Waals surface area contributed by atoms with Gasteiger partial charge in [-0.1, -0.05) is 6.08 Å². The Labute approximate surface area is 83.5 Å². The molecular formula is C9H14BNO3. The van der Waals surface area contributed by atoms with E-state index >= 15 is 0 Å². The molecule has 0 aromatic heterocycles. The van der Waals surface area contributed by atoms with Crippen LogP contribution < -0.4 is 5.73 Å². The lowest BCUT2D eigenvalue weighted by atomic mass is 9.74. The largest absolute Gasteiger partial charge is 0.497 e. The van der Waals surface area contributed by atoms with E-state index in [4.69, 9.17) is 15.1 Å². The second-order valence-electron chi connectivity index (χ2n) is 3.41. The zero-order chi connectivity index (χ0) is 9.97. The lowest BCUT2D eigenvalue weighted by Gasteiger charge is -2.16. The van der Waals surface area contributed by atoms with Crippen molar-refractivity contribution in [3.8, 4) is 0 Å². The normalized spacial score (nSPS) is 21.0. The minimum atomic E-state index is -0.811. The van der Waals surface area contributed by atoms with Gasteiger partial charge in [0.15, 0.2) is 0 Å². The lowest BCUT2D eigenvalue weighted by Crippen LogP contribution is -2.18. The van der Waals surface area contributed by atoms with Crippen molar-refractivity contribution in [3.63, 3.8) is 0 Å². The number of allylic oxidation sites excluding steroid dienone is 2. The number of hydrogen-bond donors (Lipinski definition) is 2. The second kappa shape index (κ2) is 4.17. The molecule has 1 fully saturated rings. The molecule has 4 nitrogen and oxygen atoms in total. The Morgan fingerprint density at radius 1 is 1.64 bits per heavy atom. The van der Waals surface area contributed by atoms with Gasteiger partial charge in [-0.2, -0.15) is 0 Å². The van der Waals surface area contributed by atoms with Crippen molar-refractivity contribution in [1.29, 1.82) is 0 Å². The maximum atomic E-state index is 9.56. The minimum Gasteiger partial charge on any atom is -0.497 e. The molecule has 1 aliphatic carbocycles. The lowest BCUT2D eigenvalue weighted by molar-refractivity contribution is 0.208. The third-order valence-electron chi connectivity index (χ3n) is 2.45. The summed E-state index contributed by atoms with van der Waals surface area (Å²) in [5.74, 6) is 0.845. The number of nitrogens with two attached hydrogens (primary N) is 1. The third kappa shape index (κ3) is 1.71. The van der Waals surface area contributed by atoms with Crippen molar-refractivity contribution in [3.05, 3.63) is 22.9 Å². The summed E-state index contributed by atoms with van der Waals surface area (Å²) in [6.07, 6.45) is 3.88. The summed E-state index contributed by atoms with van der Waals surface area (Å²) < 4.78 is 10.6. The molecule has 14 heavy (non-hydrogen) atoms. The molecule has 2 rings (SSSR count). The Morgan fingerprint density at radius 2 is 2.50 bits per heavy atom. The first-order chi connectivity index (χ1) is 6.83. The molecule has 0 atom stereocenters. The molecule has 1 heterocycles. The standard InChI is InChI=1S/C9H14BNO3/c11-4-5-13-8-3-1-2-7-6-14-10(12)9(7)8/h2,12H,1,3-6,11H2. The SMILES string of the molecule is NCCOC1=C2B(O)OCC2=CCC1. The van der Waals surface area contributed by atoms with E-state index in [1.165, 1.54) is 0 Å². The van der Waals surface area contributed by atoms with Crippen LogP contribution in [0.15, 0.2) is 22.9 Å². The minimum absolute atomic E-state index is 0.492. The van der Waals surface area contributed by atoms with Crippen LogP contribution in [0.5, 0.6) is 0 Å². The van der Waals surface area contributed by atoms with Crippen LogP contribution in [0.2, 0.25) is 0 Å². The van der Waals surface area contributed by atoms with Crippen LogP contribution in [0.25, 0.3) is 0 Å². The number of hydrogen-bond acceptors (Lipinski definition) is 4. The highest BCUT2D eigenvalue weighted by Crippen LogP contribution is 2.32. The van der Waals surface area contributed by atoms with E-state index in [1.807, 2.05) is 0 Å². The highest BCUT2D eigenvalue weighted by molar-refractivity contribution is 6.55. The van der Waals surface area contributed by atoms with E-state index in [2.05, 4.69) is 6.08 Å². The summed E-state index contributed by atoms with van der Waals surface area (Å²) in [6, 6.07) is 0. The molecule has 76 valence electrons. The van der Waals surface area contributed by atoms with E-state index in [-0.39, 0.29) is 0 Å². The highest BCUT2D eigenvalue weighted by atomic mass is 16.5. The van der Waals surface area contributed by atoms with Crippen molar-refractivity contribution in [2.24, 2.45) is 5.73 Å². The van der Waals surface area contributed by atoms with Crippen molar-refractivity contribution in [2.75, 3.05) is 19.8 Å². The van der Waals surface area contributed by atoms with Gasteiger partial charge in [0.2, 0.25) is 0 Å². The smallest absolute Gasteiger partial charge is 0.495 e. The fraction of sp³-hybridized carbons (Fsp3) is 0.556. The quantitative estimate of drug-likeness (QED) is 0.621. The monoisotopic (exact) mass is 195 g/mol. The van der Waals surface area contributed by atoms with Crippen LogP contribution >= 0.6 is 0 Å². The molecule has 0 amide bonds. The molecule has 0 radical (unpaired) electrons. The molecule has 5 heteroatoms. The average Bonchev–Trinajstić information content (AvgIpc) is 2.58. The topological polar surface area (TPSA) is 64.7 Å². The van der Waals surface area contributed by atoms with Gasteiger partial charge in [-0.3, -0.25) is 0 Å². The third-order valence-corrected chi connectivity index (χ3v) is 2.45. The van der Waals surface area contributed by atoms with E-state index in [0.29, 0.717) is 19.8 Å². The van der Waals surface area contributed by atoms with Crippen LogP contribution in [0.3, 0.4) is 0 Å². The first-order valence-electron chi connectivity index (χ1n) is 4.88. The molecule has 1 saturated heterocycles. The Kier molecular flexibility index (Phi) is 2.91. The van der Waals surface area contributed by atoms with Gasteiger partial charge >= 0.3 is 7.12 Å². The first-order valence-corrected chi connectivity index (χ1v) is 4.88. The van der Waals surface area contributed by atoms with E-state index in [9.17, 15) is 5.02 Å². The van der Waals surface area contributed by atoms with Crippen LogP contribution in [0.1, 0.15) is 12.8 Å². The van der Waals surface area contributed by atoms with E-state index in [0.717, 1.165) is 29.6 Å². The zero-order valence-corrected chi connectivity index (χ0v) is 8.03. The Balaban J connectivity index is 2.18. The van der Waals surface area contributed by atoms with Crippen molar-refractivity contribution >= 4 is 7.12 Å². The van der Waals surface area contributed by atoms with Crippen LogP contribution in [-0.2, 0) is 9.39 Å². The Morgan fingerprint density at radius 3 is 3.29 bits per heavy atom. The summed E-state index contributed by atoms with van der Waals surface area (Å²) >= 11 is 0. The number of ether oxygens (including phenoxy) is 1. The molecule has 2 aliphatic rings. The van der Waals surface area contributed by atoms with Gasteiger partial charge in [-0.25, -0.2) is 0 Å². The summed E-state index contributed by atoms with van der Waals surface area (Å²) in [7, 11) is -0.811. The Hall–Kier alpha value is -0.775. The molecule has 0 aromatic carbocycles. The zero-order valence-electron chi connectivity index (χ0n) is 8.03. The van der Waals surface area contributed by atoms with Crippen LogP contribution in [-0.4, -0.2) is 31.9 Å². The van der Waals surface area contributed by atoms with E-state index in [1.54, 1.807) is 0 Å². The highest BCUT2D eigenvalue weighted by Gasteiger charge is 2.35. The average molecular weight is 195 g/mol. The fourth-order valence-electron chi connectivity index (χ4n) is 1.82. The molecule has 0 aromatic rings. The van der Waals surface area contributed by atoms with Gasteiger partial charge in [-0.15, -0.1) is 0 Å². The van der Waals surface area contributed by atoms with Crippen molar-refractivity contribution in [1.82, 2.24) is 0 Å². The van der Waals surface area contributed by atoms with Gasteiger partial charge in [0.25, 0.3) is 0 Å². The fourth-order valence-corrected chi connectivity index (χ4v) is 1.82. The van der Waals surface area contributed by atoms with Crippen molar-refractivity contribution in [2.45, 2.75) is 12.8 Å². The maximum absolute atomic E-state index is 9.56. The van der Waals surface area contributed by atoms with Crippen molar-refractivity contribution < 1.29 is 14.4 Å². The maximum Gasteiger partial charge on any atom is 0.495 e. The number of rotatable bonds is 3. The molecule has 0 saturated carbocycles. The van der Waals surface area contributed by atoms with Crippen LogP contribution in [0, 0.1) is 0 Å². The first kappa shape index (κ1) is 9.77.